The van der Waals surface area contributed by atoms with Gasteiger partial charge in [-0.15, -0.1) is 0 Å². The molecule has 1 aromatic rings. The molecule has 21 heavy (non-hydrogen) atoms. The van der Waals surface area contributed by atoms with Crippen molar-refractivity contribution in [2.45, 2.75) is 31.7 Å². The Morgan fingerprint density at radius 3 is 2.05 bits per heavy atom. The van der Waals surface area contributed by atoms with Crippen molar-refractivity contribution < 1.29 is 23.1 Å². The molecule has 2 N–H and O–H groups in total. The van der Waals surface area contributed by atoms with Crippen LogP contribution < -0.4 is 15.1 Å². The number of amides is 1. The maximum Gasteiger partial charge on any atom is 0.241 e. The number of carbonyl (C=O) groups excluding carboxylic acids is 2. The maximum atomic E-state index is 12.1. The van der Waals surface area contributed by atoms with Crippen molar-refractivity contribution in [2.24, 2.45) is 5.92 Å². The van der Waals surface area contributed by atoms with E-state index in [1.807, 2.05) is 0 Å². The number of anilines is 1. The molecule has 0 radical (unpaired) electrons. The van der Waals surface area contributed by atoms with Gasteiger partial charge in [-0.05, 0) is 30.2 Å². The van der Waals surface area contributed by atoms with Gasteiger partial charge in [0.15, 0.2) is 0 Å². The lowest BCUT2D eigenvalue weighted by molar-refractivity contribution is -0.309. The third-order valence-electron chi connectivity index (χ3n) is 2.69. The fourth-order valence-electron chi connectivity index (χ4n) is 1.61. The van der Waals surface area contributed by atoms with Gasteiger partial charge in [-0.25, -0.2) is 13.1 Å². The first kappa shape index (κ1) is 17.1. The first-order valence-electron chi connectivity index (χ1n) is 6.24. The average molecular weight is 313 g/mol. The lowest BCUT2D eigenvalue weighted by Crippen LogP contribution is -2.50. The lowest BCUT2D eigenvalue weighted by atomic mass is 10.1. The van der Waals surface area contributed by atoms with Gasteiger partial charge in [0.05, 0.1) is 16.9 Å². The summed E-state index contributed by atoms with van der Waals surface area (Å²) in [6.07, 6.45) is 0. The van der Waals surface area contributed by atoms with Crippen LogP contribution in [0.25, 0.3) is 0 Å². The van der Waals surface area contributed by atoms with E-state index in [4.69, 9.17) is 0 Å². The summed E-state index contributed by atoms with van der Waals surface area (Å²) in [5, 5.41) is 13.4. The molecule has 1 rings (SSSR count). The molecule has 1 amide bonds. The standard InChI is InChI=1S/C13H18N2O5S/c1-8(2)12(13(17)18)15-21(19,20)11-6-4-10(5-7-11)14-9(3)16/h4-8,12,15H,1-3H3,(H,14,16)(H,17,18)/p-1. The van der Waals surface area contributed by atoms with E-state index in [1.54, 1.807) is 13.8 Å². The second-order valence-electron chi connectivity index (χ2n) is 4.87. The molecule has 8 heteroatoms. The molecule has 0 spiro atoms. The number of aliphatic carboxylic acids is 1. The zero-order valence-electron chi connectivity index (χ0n) is 11.9. The Bertz CT molecular complexity index is 622. The monoisotopic (exact) mass is 313 g/mol. The Morgan fingerprint density at radius 1 is 1.14 bits per heavy atom. The van der Waals surface area contributed by atoms with Gasteiger partial charge in [0, 0.05) is 12.6 Å². The molecule has 7 nitrogen and oxygen atoms in total. The van der Waals surface area contributed by atoms with Gasteiger partial charge in [-0.2, -0.15) is 0 Å². The van der Waals surface area contributed by atoms with E-state index in [0.717, 1.165) is 0 Å². The number of rotatable bonds is 6. The number of carboxylic acids is 1. The van der Waals surface area contributed by atoms with Gasteiger partial charge in [-0.3, -0.25) is 4.79 Å². The van der Waals surface area contributed by atoms with Crippen LogP contribution in [0, 0.1) is 5.92 Å². The Morgan fingerprint density at radius 2 is 1.67 bits per heavy atom. The molecule has 1 aromatic carbocycles. The average Bonchev–Trinajstić information content (AvgIpc) is 2.35. The van der Waals surface area contributed by atoms with Crippen molar-refractivity contribution in [3.63, 3.8) is 0 Å². The first-order valence-corrected chi connectivity index (χ1v) is 7.72. The van der Waals surface area contributed by atoms with E-state index >= 15 is 0 Å². The summed E-state index contributed by atoms with van der Waals surface area (Å²) in [4.78, 5) is 21.7. The third kappa shape index (κ3) is 4.83. The molecule has 116 valence electrons. The van der Waals surface area contributed by atoms with Crippen LogP contribution in [0.2, 0.25) is 0 Å². The van der Waals surface area contributed by atoms with Crippen LogP contribution in [0.3, 0.4) is 0 Å². The summed E-state index contributed by atoms with van der Waals surface area (Å²) in [6.45, 7) is 4.48. The molecular formula is C13H17N2O5S-. The Balaban J connectivity index is 2.97. The van der Waals surface area contributed by atoms with E-state index in [9.17, 15) is 23.1 Å². The van der Waals surface area contributed by atoms with Crippen molar-refractivity contribution in [1.29, 1.82) is 0 Å². The molecule has 1 unspecified atom stereocenters. The van der Waals surface area contributed by atoms with Crippen LogP contribution in [0.5, 0.6) is 0 Å². The van der Waals surface area contributed by atoms with Crippen molar-refractivity contribution in [3.8, 4) is 0 Å². The number of hydrogen-bond acceptors (Lipinski definition) is 5. The van der Waals surface area contributed by atoms with E-state index < -0.39 is 28.0 Å². The molecular weight excluding hydrogens is 296 g/mol. The summed E-state index contributed by atoms with van der Waals surface area (Å²) >= 11 is 0. The largest absolute Gasteiger partial charge is 0.548 e. The number of benzene rings is 1. The minimum Gasteiger partial charge on any atom is -0.548 e. The summed E-state index contributed by atoms with van der Waals surface area (Å²) in [5.74, 6) is -2.22. The van der Waals surface area contributed by atoms with Crippen molar-refractivity contribution in [2.75, 3.05) is 5.32 Å². The zero-order valence-corrected chi connectivity index (χ0v) is 12.7. The van der Waals surface area contributed by atoms with Crippen LogP contribution >= 0.6 is 0 Å². The summed E-state index contributed by atoms with van der Waals surface area (Å²) in [5.41, 5.74) is 0.446. The number of carboxylic acid groups (broad SMARTS) is 1. The molecule has 0 saturated heterocycles. The van der Waals surface area contributed by atoms with Crippen LogP contribution in [-0.4, -0.2) is 26.3 Å². The molecule has 0 heterocycles. The van der Waals surface area contributed by atoms with Crippen molar-refractivity contribution in [3.05, 3.63) is 24.3 Å². The molecule has 0 aliphatic rings. The molecule has 0 bridgehead atoms. The zero-order chi connectivity index (χ0) is 16.2. The molecule has 0 aliphatic carbocycles. The number of nitrogens with one attached hydrogen (secondary N) is 2. The summed E-state index contributed by atoms with van der Waals surface area (Å²) in [7, 11) is -3.98. The second kappa shape index (κ2) is 6.68. The van der Waals surface area contributed by atoms with Crippen LogP contribution in [0.4, 0.5) is 5.69 Å². The van der Waals surface area contributed by atoms with Gasteiger partial charge in [0.1, 0.15) is 0 Å². The van der Waals surface area contributed by atoms with E-state index in [1.165, 1.54) is 31.2 Å². The molecule has 0 saturated carbocycles. The summed E-state index contributed by atoms with van der Waals surface area (Å²) in [6, 6.07) is 4.07. The number of carbonyl (C=O) groups is 2. The number of hydrogen-bond donors (Lipinski definition) is 2. The second-order valence-corrected chi connectivity index (χ2v) is 6.58. The van der Waals surface area contributed by atoms with E-state index in [2.05, 4.69) is 10.0 Å². The highest BCUT2D eigenvalue weighted by atomic mass is 32.2. The van der Waals surface area contributed by atoms with Gasteiger partial charge < -0.3 is 15.2 Å². The smallest absolute Gasteiger partial charge is 0.241 e. The molecule has 0 fully saturated rings. The summed E-state index contributed by atoms with van der Waals surface area (Å²) < 4.78 is 26.3. The molecule has 0 aliphatic heterocycles. The first-order chi connectivity index (χ1) is 9.63. The van der Waals surface area contributed by atoms with Gasteiger partial charge in [0.25, 0.3) is 0 Å². The minimum atomic E-state index is -3.98. The van der Waals surface area contributed by atoms with Crippen LogP contribution in [0.1, 0.15) is 20.8 Å². The predicted molar refractivity (Wildman–Crippen MR) is 74.7 cm³/mol. The minimum absolute atomic E-state index is 0.0940. The van der Waals surface area contributed by atoms with E-state index in [-0.39, 0.29) is 10.8 Å². The molecule has 1 atom stereocenters. The Kier molecular flexibility index (Phi) is 5.45. The van der Waals surface area contributed by atoms with Crippen molar-refractivity contribution >= 4 is 27.6 Å². The maximum absolute atomic E-state index is 12.1. The predicted octanol–water partition coefficient (Wildman–Crippen LogP) is -0.302. The van der Waals surface area contributed by atoms with Crippen LogP contribution in [0.15, 0.2) is 29.2 Å². The highest BCUT2D eigenvalue weighted by Gasteiger charge is 2.23. The van der Waals surface area contributed by atoms with Crippen LogP contribution in [-0.2, 0) is 19.6 Å². The Hall–Kier alpha value is -1.93. The SMILES string of the molecule is CC(=O)Nc1ccc(S(=O)(=O)NC(C(=O)[O-])C(C)C)cc1. The highest BCUT2D eigenvalue weighted by molar-refractivity contribution is 7.89. The molecule has 0 aromatic heterocycles. The third-order valence-corrected chi connectivity index (χ3v) is 4.14. The number of sulfonamides is 1. The van der Waals surface area contributed by atoms with Crippen molar-refractivity contribution in [1.82, 2.24) is 4.72 Å². The quantitative estimate of drug-likeness (QED) is 0.748. The topological polar surface area (TPSA) is 115 Å². The van der Waals surface area contributed by atoms with Gasteiger partial charge >= 0.3 is 0 Å². The lowest BCUT2D eigenvalue weighted by Gasteiger charge is -2.23. The van der Waals surface area contributed by atoms with E-state index in [0.29, 0.717) is 5.69 Å². The fraction of sp³-hybridized carbons (Fsp3) is 0.385. The highest BCUT2D eigenvalue weighted by Crippen LogP contribution is 2.15. The van der Waals surface area contributed by atoms with Gasteiger partial charge in [-0.1, -0.05) is 13.8 Å². The normalized spacial score (nSPS) is 13.0. The fourth-order valence-corrected chi connectivity index (χ4v) is 2.95. The Labute approximate surface area is 123 Å². The van der Waals surface area contributed by atoms with Gasteiger partial charge in [0.2, 0.25) is 15.9 Å².